The topological polar surface area (TPSA) is 82.6 Å². The maximum atomic E-state index is 14.9. The lowest BCUT2D eigenvalue weighted by atomic mass is 10.1. The summed E-state index contributed by atoms with van der Waals surface area (Å²) in [5, 5.41) is 1.36. The lowest BCUT2D eigenvalue weighted by Crippen LogP contribution is -2.37. The van der Waals surface area contributed by atoms with Gasteiger partial charge in [-0.15, -0.1) is 0 Å². The summed E-state index contributed by atoms with van der Waals surface area (Å²) in [6.45, 7) is 2.13. The molecule has 0 radical (unpaired) electrons. The van der Waals surface area contributed by atoms with Gasteiger partial charge in [0.05, 0.1) is 22.8 Å². The molecule has 0 bridgehead atoms. The van der Waals surface area contributed by atoms with Crippen LogP contribution in [0.3, 0.4) is 0 Å². The molecule has 1 fully saturated rings. The van der Waals surface area contributed by atoms with Crippen LogP contribution < -0.4 is 15.9 Å². The highest BCUT2D eigenvalue weighted by Gasteiger charge is 2.24. The van der Waals surface area contributed by atoms with Crippen LogP contribution in [0.15, 0.2) is 66.0 Å². The van der Waals surface area contributed by atoms with Crippen molar-refractivity contribution in [3.8, 4) is 17.7 Å². The minimum absolute atomic E-state index is 0.199. The number of pyridine rings is 1. The van der Waals surface area contributed by atoms with Gasteiger partial charge in [0.25, 0.3) is 5.56 Å². The minimum Gasteiger partial charge on any atom is -0.380 e. The van der Waals surface area contributed by atoms with Gasteiger partial charge in [-0.05, 0) is 48.9 Å². The van der Waals surface area contributed by atoms with Crippen molar-refractivity contribution >= 4 is 27.8 Å². The van der Waals surface area contributed by atoms with Crippen LogP contribution >= 0.6 is 0 Å². The van der Waals surface area contributed by atoms with Gasteiger partial charge in [0.15, 0.2) is 12.1 Å². The highest BCUT2D eigenvalue weighted by molar-refractivity contribution is 5.85. The van der Waals surface area contributed by atoms with Gasteiger partial charge < -0.3 is 5.73 Å². The molecule has 5 aromatic rings. The molecule has 172 valence electrons. The Morgan fingerprint density at radius 1 is 1.17 bits per heavy atom. The van der Waals surface area contributed by atoms with Crippen LogP contribution in [-0.2, 0) is 6.54 Å². The molecule has 0 unspecified atom stereocenters. The van der Waals surface area contributed by atoms with Gasteiger partial charge in [0, 0.05) is 5.92 Å². The lowest BCUT2D eigenvalue weighted by Gasteiger charge is -2.15. The van der Waals surface area contributed by atoms with Crippen LogP contribution in [0.1, 0.15) is 24.1 Å². The fourth-order valence-corrected chi connectivity index (χ4v) is 4.44. The fourth-order valence-electron chi connectivity index (χ4n) is 4.44. The molecule has 1 aliphatic carbocycles. The van der Waals surface area contributed by atoms with Crippen molar-refractivity contribution in [2.75, 3.05) is 5.73 Å². The van der Waals surface area contributed by atoms with E-state index in [1.165, 1.54) is 17.0 Å². The normalized spacial score (nSPS) is 13.2. The molecule has 3 aromatic heterocycles. The average Bonchev–Trinajstić information content (AvgIpc) is 3.60. The first-order chi connectivity index (χ1) is 17.0. The van der Waals surface area contributed by atoms with E-state index in [1.54, 1.807) is 22.8 Å². The van der Waals surface area contributed by atoms with E-state index in [0.29, 0.717) is 34.0 Å². The number of rotatable bonds is 3. The van der Waals surface area contributed by atoms with Gasteiger partial charge in [0.1, 0.15) is 12.4 Å². The second-order valence-corrected chi connectivity index (χ2v) is 8.84. The molecular weight excluding hydrogens is 443 g/mol. The first-order valence-corrected chi connectivity index (χ1v) is 11.4. The van der Waals surface area contributed by atoms with Gasteiger partial charge in [-0.1, -0.05) is 41.2 Å². The van der Waals surface area contributed by atoms with E-state index < -0.39 is 5.82 Å². The zero-order valence-electron chi connectivity index (χ0n) is 19.1. The summed E-state index contributed by atoms with van der Waals surface area (Å²) in [5.41, 5.74) is 8.75. The molecule has 0 atom stereocenters. The molecule has 0 amide bonds. The number of hydrogen-bond acceptors (Lipinski definition) is 4. The molecule has 8 heteroatoms. The van der Waals surface area contributed by atoms with Crippen LogP contribution in [0.4, 0.5) is 10.2 Å². The number of aryl methyl sites for hydroxylation is 1. The van der Waals surface area contributed by atoms with Gasteiger partial charge >= 0.3 is 5.65 Å². The van der Waals surface area contributed by atoms with E-state index in [9.17, 15) is 9.18 Å². The number of hydrogen-bond donors (Lipinski definition) is 1. The quantitative estimate of drug-likeness (QED) is 0.327. The standard InChI is InChI=1S/C27H22FN6O/c1-17-5-4-6-19-13-20(34(27(35)23(17)19)22-8-3-2-7-21(22)28)14-33-16-32(12-11-18-9-10-18)24-25(29)30-15-31-26(24)33/h2-8,13,15-16,18H,9-10,14H2,1H3,(H2,29,30,31)/q+1. The van der Waals surface area contributed by atoms with Gasteiger partial charge in [-0.3, -0.25) is 9.36 Å². The van der Waals surface area contributed by atoms with Crippen LogP contribution in [-0.4, -0.2) is 19.1 Å². The van der Waals surface area contributed by atoms with Gasteiger partial charge in [-0.25, -0.2) is 8.96 Å². The predicted molar refractivity (Wildman–Crippen MR) is 131 cm³/mol. The molecule has 1 aliphatic rings. The summed E-state index contributed by atoms with van der Waals surface area (Å²) >= 11 is 0. The summed E-state index contributed by atoms with van der Waals surface area (Å²) in [4.78, 5) is 22.3. The maximum absolute atomic E-state index is 14.9. The highest BCUT2D eigenvalue weighted by atomic mass is 19.1. The van der Waals surface area contributed by atoms with Gasteiger partial charge in [-0.2, -0.15) is 9.55 Å². The van der Waals surface area contributed by atoms with Crippen molar-refractivity contribution in [1.29, 1.82) is 0 Å². The predicted octanol–water partition coefficient (Wildman–Crippen LogP) is 3.32. The molecule has 0 spiro atoms. The van der Waals surface area contributed by atoms with E-state index in [4.69, 9.17) is 5.73 Å². The monoisotopic (exact) mass is 465 g/mol. The van der Waals surface area contributed by atoms with Crippen molar-refractivity contribution in [1.82, 2.24) is 19.1 Å². The summed E-state index contributed by atoms with van der Waals surface area (Å²) in [5.74, 6) is 3.49. The lowest BCUT2D eigenvalue weighted by molar-refractivity contribution is -0.665. The zero-order valence-corrected chi connectivity index (χ0v) is 19.1. The van der Waals surface area contributed by atoms with Crippen molar-refractivity contribution in [2.45, 2.75) is 26.3 Å². The third-order valence-corrected chi connectivity index (χ3v) is 6.32. The van der Waals surface area contributed by atoms with Crippen molar-refractivity contribution in [2.24, 2.45) is 5.92 Å². The fraction of sp³-hybridized carbons (Fsp3) is 0.185. The van der Waals surface area contributed by atoms with Crippen LogP contribution in [0, 0.1) is 30.6 Å². The minimum atomic E-state index is -0.474. The average molecular weight is 466 g/mol. The SMILES string of the molecule is Cc1cccc2cc(C[n+]3cn(C#CC4CC4)c4c(N)ncnc43)n(-c3ccccc3F)c(=O)c12. The maximum Gasteiger partial charge on any atom is 0.308 e. The number of nitrogen functional groups attached to an aromatic ring is 1. The Hall–Kier alpha value is -4.51. The molecule has 2 aromatic carbocycles. The number of para-hydroxylation sites is 1. The van der Waals surface area contributed by atoms with Crippen molar-refractivity contribution < 1.29 is 8.96 Å². The van der Waals surface area contributed by atoms with Crippen molar-refractivity contribution in [3.05, 3.63) is 88.6 Å². The number of anilines is 1. The zero-order chi connectivity index (χ0) is 24.1. The number of imidazole rings is 1. The number of nitrogens with zero attached hydrogens (tertiary/aromatic N) is 5. The third kappa shape index (κ3) is 3.62. The highest BCUT2D eigenvalue weighted by Crippen LogP contribution is 2.27. The second-order valence-electron chi connectivity index (χ2n) is 8.84. The second kappa shape index (κ2) is 8.06. The number of nitrogens with two attached hydrogens (primary N) is 1. The van der Waals surface area contributed by atoms with Crippen LogP contribution in [0.25, 0.3) is 27.6 Å². The Labute approximate surface area is 200 Å². The summed E-state index contributed by atoms with van der Waals surface area (Å²) < 4.78 is 20.0. The van der Waals surface area contributed by atoms with Crippen molar-refractivity contribution in [3.63, 3.8) is 0 Å². The first-order valence-electron chi connectivity index (χ1n) is 11.4. The molecular formula is C27H22FN6O+. The molecule has 35 heavy (non-hydrogen) atoms. The number of halogens is 1. The molecule has 0 aliphatic heterocycles. The molecule has 7 nitrogen and oxygen atoms in total. The Bertz CT molecular complexity index is 1750. The Balaban J connectivity index is 1.60. The summed E-state index contributed by atoms with van der Waals surface area (Å²) in [6, 6.07) is 17.1. The molecule has 2 N–H and O–H groups in total. The molecule has 1 saturated carbocycles. The molecule has 6 rings (SSSR count). The van der Waals surface area contributed by atoms with E-state index in [1.807, 2.05) is 42.1 Å². The number of benzene rings is 2. The van der Waals surface area contributed by atoms with E-state index in [0.717, 1.165) is 23.8 Å². The molecule has 0 saturated heterocycles. The largest absolute Gasteiger partial charge is 0.380 e. The smallest absolute Gasteiger partial charge is 0.308 e. The van der Waals surface area contributed by atoms with Gasteiger partial charge in [0.2, 0.25) is 11.8 Å². The summed E-state index contributed by atoms with van der Waals surface area (Å²) in [7, 11) is 0. The van der Waals surface area contributed by atoms with E-state index in [-0.39, 0.29) is 17.8 Å². The van der Waals surface area contributed by atoms with Crippen LogP contribution in [0.5, 0.6) is 0 Å². The number of aromatic nitrogens is 5. The third-order valence-electron chi connectivity index (χ3n) is 6.32. The van der Waals surface area contributed by atoms with E-state index in [2.05, 4.69) is 21.9 Å². The van der Waals surface area contributed by atoms with E-state index >= 15 is 0 Å². The Morgan fingerprint density at radius 2 is 2.00 bits per heavy atom. The summed E-state index contributed by atoms with van der Waals surface area (Å²) in [6.07, 6.45) is 5.41. The Kier molecular flexibility index (Phi) is 4.85. The first kappa shape index (κ1) is 21.1. The molecule has 3 heterocycles. The number of fused-ring (bicyclic) bond motifs is 2. The van der Waals surface area contributed by atoms with Crippen LogP contribution in [0.2, 0.25) is 0 Å². The Morgan fingerprint density at radius 3 is 2.80 bits per heavy atom.